The normalized spacial score (nSPS) is 16.8. The predicted molar refractivity (Wildman–Crippen MR) is 115 cm³/mol. The van der Waals surface area contributed by atoms with Gasteiger partial charge in [-0.15, -0.1) is 0 Å². The number of hydrogen-bond donors (Lipinski definition) is 1. The fourth-order valence-corrected chi connectivity index (χ4v) is 4.64. The lowest BCUT2D eigenvalue weighted by atomic mass is 9.91. The molecule has 4 aromatic rings. The second-order valence-corrected chi connectivity index (χ2v) is 7.62. The molecule has 3 heterocycles. The summed E-state index contributed by atoms with van der Waals surface area (Å²) in [6.07, 6.45) is 5.99. The van der Waals surface area contributed by atoms with Crippen molar-refractivity contribution >= 4 is 10.9 Å². The third kappa shape index (κ3) is 3.32. The van der Waals surface area contributed by atoms with Gasteiger partial charge >= 0.3 is 0 Å². The molecule has 0 fully saturated rings. The molecule has 0 amide bonds. The number of para-hydroxylation sites is 2. The third-order valence-electron chi connectivity index (χ3n) is 5.96. The van der Waals surface area contributed by atoms with Crippen LogP contribution in [-0.2, 0) is 13.0 Å². The first kappa shape index (κ1) is 18.0. The maximum atomic E-state index is 5.74. The molecule has 5 nitrogen and oxygen atoms in total. The number of aromatic amines is 1. The Hall–Kier alpha value is -3.05. The molecule has 29 heavy (non-hydrogen) atoms. The Morgan fingerprint density at radius 1 is 1.07 bits per heavy atom. The number of methoxy groups -OCH3 is 1. The summed E-state index contributed by atoms with van der Waals surface area (Å²) in [5.74, 6) is 0.945. The van der Waals surface area contributed by atoms with E-state index in [1.165, 1.54) is 27.7 Å². The highest BCUT2D eigenvalue weighted by atomic mass is 16.5. The van der Waals surface area contributed by atoms with E-state index in [2.05, 4.69) is 57.4 Å². The number of nitrogens with zero attached hydrogens (tertiary/aromatic N) is 3. The van der Waals surface area contributed by atoms with Crippen LogP contribution in [0.1, 0.15) is 29.3 Å². The molecule has 0 saturated heterocycles. The number of rotatable bonds is 6. The van der Waals surface area contributed by atoms with E-state index < -0.39 is 0 Å². The quantitative estimate of drug-likeness (QED) is 0.534. The summed E-state index contributed by atoms with van der Waals surface area (Å²) in [5.41, 5.74) is 5.19. The van der Waals surface area contributed by atoms with E-state index in [1.807, 2.05) is 29.2 Å². The number of benzene rings is 2. The van der Waals surface area contributed by atoms with Crippen LogP contribution in [0.4, 0.5) is 0 Å². The molecule has 1 N–H and O–H groups in total. The molecule has 0 aliphatic carbocycles. The molecule has 2 aromatic carbocycles. The van der Waals surface area contributed by atoms with Crippen molar-refractivity contribution in [1.82, 2.24) is 19.7 Å². The van der Waals surface area contributed by atoms with E-state index in [0.29, 0.717) is 0 Å². The zero-order valence-electron chi connectivity index (χ0n) is 16.7. The van der Waals surface area contributed by atoms with Crippen molar-refractivity contribution in [1.29, 1.82) is 0 Å². The molecule has 148 valence electrons. The van der Waals surface area contributed by atoms with Gasteiger partial charge in [0.2, 0.25) is 0 Å². The molecular weight excluding hydrogens is 360 g/mol. The van der Waals surface area contributed by atoms with Crippen molar-refractivity contribution < 1.29 is 4.74 Å². The number of nitrogens with one attached hydrogen (secondary N) is 1. The zero-order chi connectivity index (χ0) is 19.6. The summed E-state index contributed by atoms with van der Waals surface area (Å²) in [5, 5.41) is 5.69. The average Bonchev–Trinajstić information content (AvgIpc) is 3.41. The van der Waals surface area contributed by atoms with Gasteiger partial charge in [0.25, 0.3) is 0 Å². The van der Waals surface area contributed by atoms with E-state index in [1.54, 1.807) is 7.11 Å². The van der Waals surface area contributed by atoms with Gasteiger partial charge in [0.1, 0.15) is 5.75 Å². The fraction of sp³-hybridized carbons (Fsp3) is 0.292. The molecule has 5 heteroatoms. The highest BCUT2D eigenvalue weighted by Crippen LogP contribution is 2.41. The van der Waals surface area contributed by atoms with Crippen LogP contribution in [-0.4, -0.2) is 39.9 Å². The van der Waals surface area contributed by atoms with Gasteiger partial charge < -0.3 is 9.72 Å². The Kier molecular flexibility index (Phi) is 4.82. The van der Waals surface area contributed by atoms with Gasteiger partial charge in [0, 0.05) is 54.2 Å². The molecule has 1 aliphatic heterocycles. The Morgan fingerprint density at radius 2 is 1.93 bits per heavy atom. The molecular formula is C24H26N4O. The van der Waals surface area contributed by atoms with Crippen LogP contribution in [0.2, 0.25) is 0 Å². The maximum absolute atomic E-state index is 5.74. The minimum atomic E-state index is 0.167. The summed E-state index contributed by atoms with van der Waals surface area (Å²) in [7, 11) is 1.76. The van der Waals surface area contributed by atoms with Crippen LogP contribution in [0.25, 0.3) is 10.9 Å². The van der Waals surface area contributed by atoms with Crippen molar-refractivity contribution in [3.63, 3.8) is 0 Å². The molecule has 5 rings (SSSR count). The van der Waals surface area contributed by atoms with E-state index in [9.17, 15) is 0 Å². The maximum Gasteiger partial charge on any atom is 0.124 e. The van der Waals surface area contributed by atoms with Crippen molar-refractivity contribution in [2.45, 2.75) is 25.4 Å². The third-order valence-corrected chi connectivity index (χ3v) is 5.96. The van der Waals surface area contributed by atoms with Gasteiger partial charge in [-0.25, -0.2) is 0 Å². The fourth-order valence-electron chi connectivity index (χ4n) is 4.64. The van der Waals surface area contributed by atoms with E-state index in [4.69, 9.17) is 4.74 Å². The number of fused-ring (bicyclic) bond motifs is 3. The summed E-state index contributed by atoms with van der Waals surface area (Å²) in [6.45, 7) is 2.98. The second kappa shape index (κ2) is 7.76. The summed E-state index contributed by atoms with van der Waals surface area (Å²) in [4.78, 5) is 6.32. The lowest BCUT2D eigenvalue weighted by molar-refractivity contribution is 0.200. The smallest absolute Gasteiger partial charge is 0.124 e. The molecule has 0 unspecified atom stereocenters. The van der Waals surface area contributed by atoms with Crippen LogP contribution in [0.5, 0.6) is 5.75 Å². The SMILES string of the molecule is COc1ccccc1[C@@H]1c2[nH]c3ccccc3c2CCN1CCCn1cccn1. The molecule has 1 aliphatic rings. The monoisotopic (exact) mass is 386 g/mol. The van der Waals surface area contributed by atoms with Crippen LogP contribution in [0.15, 0.2) is 67.0 Å². The average molecular weight is 386 g/mol. The number of ether oxygens (including phenoxy) is 1. The summed E-state index contributed by atoms with van der Waals surface area (Å²) in [6, 6.07) is 19.2. The summed E-state index contributed by atoms with van der Waals surface area (Å²) < 4.78 is 7.76. The minimum Gasteiger partial charge on any atom is -0.496 e. The standard InChI is InChI=1S/C24H26N4O/c1-29-22-11-5-3-9-20(22)24-23-19(18-8-2-4-10-21(18)26-23)12-17-27(24)14-7-16-28-15-6-13-25-28/h2-6,8-11,13,15,24,26H,7,12,14,16-17H2,1H3/t24-/m1/s1. The van der Waals surface area contributed by atoms with E-state index in [-0.39, 0.29) is 6.04 Å². The van der Waals surface area contributed by atoms with Gasteiger partial charge in [0.15, 0.2) is 0 Å². The lowest BCUT2D eigenvalue weighted by Crippen LogP contribution is -2.37. The van der Waals surface area contributed by atoms with Crippen molar-refractivity contribution in [3.8, 4) is 5.75 Å². The lowest BCUT2D eigenvalue weighted by Gasteiger charge is -2.36. The number of H-pyrrole nitrogens is 1. The number of hydrogen-bond acceptors (Lipinski definition) is 3. The highest BCUT2D eigenvalue weighted by Gasteiger charge is 2.32. The first-order chi connectivity index (χ1) is 14.3. The van der Waals surface area contributed by atoms with Gasteiger partial charge in [-0.2, -0.15) is 5.10 Å². The van der Waals surface area contributed by atoms with Crippen molar-refractivity contribution in [2.24, 2.45) is 0 Å². The van der Waals surface area contributed by atoms with Gasteiger partial charge in [0.05, 0.1) is 13.2 Å². The molecule has 0 saturated carbocycles. The van der Waals surface area contributed by atoms with Gasteiger partial charge in [-0.3, -0.25) is 9.58 Å². The second-order valence-electron chi connectivity index (χ2n) is 7.62. The zero-order valence-corrected chi connectivity index (χ0v) is 16.7. The van der Waals surface area contributed by atoms with Crippen LogP contribution in [0, 0.1) is 0 Å². The Bertz CT molecular complexity index is 1100. The van der Waals surface area contributed by atoms with E-state index >= 15 is 0 Å². The molecule has 1 atom stereocenters. The number of aromatic nitrogens is 3. The Morgan fingerprint density at radius 3 is 2.79 bits per heavy atom. The van der Waals surface area contributed by atoms with Crippen molar-refractivity contribution in [3.05, 3.63) is 83.8 Å². The van der Waals surface area contributed by atoms with Crippen LogP contribution >= 0.6 is 0 Å². The number of aryl methyl sites for hydroxylation is 1. The minimum absolute atomic E-state index is 0.167. The van der Waals surface area contributed by atoms with Gasteiger partial charge in [-0.1, -0.05) is 36.4 Å². The van der Waals surface area contributed by atoms with Crippen LogP contribution < -0.4 is 4.74 Å². The first-order valence-electron chi connectivity index (χ1n) is 10.3. The Labute approximate surface area is 170 Å². The predicted octanol–water partition coefficient (Wildman–Crippen LogP) is 4.41. The Balaban J connectivity index is 1.52. The molecule has 2 aromatic heterocycles. The van der Waals surface area contributed by atoms with Crippen molar-refractivity contribution in [2.75, 3.05) is 20.2 Å². The van der Waals surface area contributed by atoms with Crippen LogP contribution in [0.3, 0.4) is 0 Å². The largest absolute Gasteiger partial charge is 0.496 e. The van der Waals surface area contributed by atoms with Gasteiger partial charge in [-0.05, 0) is 36.6 Å². The molecule has 0 radical (unpaired) electrons. The first-order valence-corrected chi connectivity index (χ1v) is 10.3. The van der Waals surface area contributed by atoms with E-state index in [0.717, 1.165) is 38.2 Å². The highest BCUT2D eigenvalue weighted by molar-refractivity contribution is 5.85. The molecule has 0 spiro atoms. The molecule has 0 bridgehead atoms. The topological polar surface area (TPSA) is 46.1 Å². The summed E-state index contributed by atoms with van der Waals surface area (Å²) >= 11 is 0.